The van der Waals surface area contributed by atoms with Gasteiger partial charge in [-0.1, -0.05) is 26.0 Å². The highest BCUT2D eigenvalue weighted by atomic mass is 32.1. The number of hydrogen-bond donors (Lipinski definition) is 1. The molecule has 2 atom stereocenters. The lowest BCUT2D eigenvalue weighted by Gasteiger charge is -2.34. The van der Waals surface area contributed by atoms with Crippen molar-refractivity contribution in [3.05, 3.63) is 12.2 Å². The number of nitrogens with zero attached hydrogens (tertiary/aromatic N) is 1. The first kappa shape index (κ1) is 11.1. The van der Waals surface area contributed by atoms with Gasteiger partial charge >= 0.3 is 0 Å². The Morgan fingerprint density at radius 2 is 2.08 bits per heavy atom. The van der Waals surface area contributed by atoms with Crippen molar-refractivity contribution < 1.29 is 0 Å². The zero-order valence-electron chi connectivity index (χ0n) is 8.74. The molecule has 1 heterocycles. The van der Waals surface area contributed by atoms with E-state index in [9.17, 15) is 0 Å². The van der Waals surface area contributed by atoms with Crippen LogP contribution in [0, 0.1) is 11.8 Å². The van der Waals surface area contributed by atoms with Crippen LogP contribution in [0.3, 0.4) is 0 Å². The Labute approximate surface area is 87.6 Å². The van der Waals surface area contributed by atoms with Gasteiger partial charge < -0.3 is 0 Å². The molecular weight excluding hydrogens is 178 g/mol. The molecule has 0 saturated carbocycles. The monoisotopic (exact) mass is 199 g/mol. The van der Waals surface area contributed by atoms with Crippen molar-refractivity contribution in [2.45, 2.75) is 20.3 Å². The van der Waals surface area contributed by atoms with Crippen LogP contribution in [0.4, 0.5) is 0 Å². The van der Waals surface area contributed by atoms with Crippen molar-refractivity contribution in [1.82, 2.24) is 4.90 Å². The highest BCUT2D eigenvalue weighted by Crippen LogP contribution is 2.21. The molecule has 1 nitrogen and oxygen atoms in total. The average molecular weight is 199 g/mol. The maximum Gasteiger partial charge on any atom is 0.0163 e. The van der Waals surface area contributed by atoms with Gasteiger partial charge in [-0.15, -0.1) is 0 Å². The Bertz CT molecular complexity index is 167. The van der Waals surface area contributed by atoms with Crippen LogP contribution >= 0.6 is 12.6 Å². The molecule has 0 bridgehead atoms. The van der Waals surface area contributed by atoms with Crippen LogP contribution in [0.1, 0.15) is 20.3 Å². The van der Waals surface area contributed by atoms with Gasteiger partial charge in [0.1, 0.15) is 0 Å². The fourth-order valence-electron chi connectivity index (χ4n) is 1.81. The van der Waals surface area contributed by atoms with E-state index in [1.807, 2.05) is 0 Å². The van der Waals surface area contributed by atoms with Crippen molar-refractivity contribution in [2.24, 2.45) is 11.8 Å². The van der Waals surface area contributed by atoms with Gasteiger partial charge in [0.05, 0.1) is 0 Å². The molecule has 1 fully saturated rings. The zero-order valence-corrected chi connectivity index (χ0v) is 9.63. The van der Waals surface area contributed by atoms with Crippen LogP contribution in [0.15, 0.2) is 12.2 Å². The largest absolute Gasteiger partial charge is 0.299 e. The zero-order chi connectivity index (χ0) is 9.68. The van der Waals surface area contributed by atoms with E-state index in [1.165, 1.54) is 19.5 Å². The van der Waals surface area contributed by atoms with Crippen LogP contribution in [0.5, 0.6) is 0 Å². The number of rotatable bonds is 3. The van der Waals surface area contributed by atoms with E-state index in [0.29, 0.717) is 0 Å². The Kier molecular flexibility index (Phi) is 4.89. The number of thiol groups is 1. The van der Waals surface area contributed by atoms with Crippen molar-refractivity contribution >= 4 is 12.6 Å². The molecule has 2 heteroatoms. The summed E-state index contributed by atoms with van der Waals surface area (Å²) < 4.78 is 0. The maximum absolute atomic E-state index is 4.15. The molecule has 0 aromatic heterocycles. The van der Waals surface area contributed by atoms with Crippen molar-refractivity contribution in [3.8, 4) is 0 Å². The Hall–Kier alpha value is 0.0500. The van der Waals surface area contributed by atoms with E-state index >= 15 is 0 Å². The molecule has 2 unspecified atom stereocenters. The third-order valence-electron chi connectivity index (χ3n) is 3.05. The molecule has 13 heavy (non-hydrogen) atoms. The van der Waals surface area contributed by atoms with Crippen LogP contribution in [0.25, 0.3) is 0 Å². The fourth-order valence-corrected chi connectivity index (χ4v) is 1.96. The summed E-state index contributed by atoms with van der Waals surface area (Å²) in [4.78, 5) is 2.53. The van der Waals surface area contributed by atoms with Crippen molar-refractivity contribution in [3.63, 3.8) is 0 Å². The number of likely N-dealkylation sites (tertiary alicyclic amines) is 1. The minimum atomic E-state index is 0.859. The molecular formula is C11H21NS. The SMILES string of the molecule is CC1CCN(C/C=C/CS)CC1C. The highest BCUT2D eigenvalue weighted by Gasteiger charge is 2.21. The third-order valence-corrected chi connectivity index (χ3v) is 3.26. The fraction of sp³-hybridized carbons (Fsp3) is 0.818. The van der Waals surface area contributed by atoms with Crippen molar-refractivity contribution in [2.75, 3.05) is 25.4 Å². The molecule has 0 aromatic rings. The average Bonchev–Trinajstić information content (AvgIpc) is 2.12. The van der Waals surface area contributed by atoms with Crippen LogP contribution in [-0.4, -0.2) is 30.3 Å². The second-order valence-electron chi connectivity index (χ2n) is 4.16. The Morgan fingerprint density at radius 3 is 2.69 bits per heavy atom. The van der Waals surface area contributed by atoms with Crippen LogP contribution in [-0.2, 0) is 0 Å². The van der Waals surface area contributed by atoms with Crippen LogP contribution in [0.2, 0.25) is 0 Å². The van der Waals surface area contributed by atoms with Gasteiger partial charge in [-0.3, -0.25) is 4.90 Å². The summed E-state index contributed by atoms with van der Waals surface area (Å²) in [6, 6.07) is 0. The van der Waals surface area contributed by atoms with Gasteiger partial charge in [0.15, 0.2) is 0 Å². The molecule has 0 aromatic carbocycles. The van der Waals surface area contributed by atoms with E-state index < -0.39 is 0 Å². The quantitative estimate of drug-likeness (QED) is 0.540. The van der Waals surface area contributed by atoms with Crippen LogP contribution < -0.4 is 0 Å². The minimum absolute atomic E-state index is 0.859. The Morgan fingerprint density at radius 1 is 1.31 bits per heavy atom. The summed E-state index contributed by atoms with van der Waals surface area (Å²) in [5.74, 6) is 2.63. The van der Waals surface area contributed by atoms with Gasteiger partial charge in [0.2, 0.25) is 0 Å². The normalized spacial score (nSPS) is 31.3. The molecule has 1 aliphatic rings. The van der Waals surface area contributed by atoms with E-state index in [2.05, 4.69) is 43.5 Å². The summed E-state index contributed by atoms with van der Waals surface area (Å²) in [6.07, 6.45) is 5.72. The van der Waals surface area contributed by atoms with Gasteiger partial charge in [-0.05, 0) is 24.8 Å². The summed E-state index contributed by atoms with van der Waals surface area (Å²) >= 11 is 4.15. The topological polar surface area (TPSA) is 3.24 Å². The summed E-state index contributed by atoms with van der Waals surface area (Å²) in [5, 5.41) is 0. The number of piperidine rings is 1. The first-order valence-electron chi connectivity index (χ1n) is 5.22. The molecule has 1 aliphatic heterocycles. The van der Waals surface area contributed by atoms with E-state index in [1.54, 1.807) is 0 Å². The van der Waals surface area contributed by atoms with E-state index in [-0.39, 0.29) is 0 Å². The first-order valence-corrected chi connectivity index (χ1v) is 5.85. The molecule has 0 aliphatic carbocycles. The van der Waals surface area contributed by atoms with Crippen molar-refractivity contribution in [1.29, 1.82) is 0 Å². The molecule has 1 rings (SSSR count). The summed E-state index contributed by atoms with van der Waals surface area (Å²) in [5.41, 5.74) is 0. The molecule has 1 saturated heterocycles. The van der Waals surface area contributed by atoms with Gasteiger partial charge in [-0.2, -0.15) is 12.6 Å². The molecule has 0 N–H and O–H groups in total. The predicted molar refractivity (Wildman–Crippen MR) is 62.4 cm³/mol. The smallest absolute Gasteiger partial charge is 0.0163 e. The maximum atomic E-state index is 4.15. The summed E-state index contributed by atoms with van der Waals surface area (Å²) in [7, 11) is 0. The number of hydrogen-bond acceptors (Lipinski definition) is 2. The highest BCUT2D eigenvalue weighted by molar-refractivity contribution is 7.80. The van der Waals surface area contributed by atoms with Gasteiger partial charge in [0, 0.05) is 18.8 Å². The second-order valence-corrected chi connectivity index (χ2v) is 4.52. The molecule has 0 amide bonds. The standard InChI is InChI=1S/C11H21NS/c1-10-5-7-12(9-11(10)2)6-3-4-8-13/h3-4,10-11,13H,5-9H2,1-2H3/b4-3+. The molecule has 0 radical (unpaired) electrons. The van der Waals surface area contributed by atoms with Gasteiger partial charge in [-0.25, -0.2) is 0 Å². The molecule has 76 valence electrons. The molecule has 0 spiro atoms. The first-order chi connectivity index (χ1) is 6.24. The lowest BCUT2D eigenvalue weighted by molar-refractivity contribution is 0.151. The lowest BCUT2D eigenvalue weighted by atomic mass is 9.89. The predicted octanol–water partition coefficient (Wildman–Crippen LogP) is 2.45. The Balaban J connectivity index is 2.25. The third kappa shape index (κ3) is 3.74. The van der Waals surface area contributed by atoms with E-state index in [4.69, 9.17) is 0 Å². The summed E-state index contributed by atoms with van der Waals surface area (Å²) in [6.45, 7) is 8.36. The lowest BCUT2D eigenvalue weighted by Crippen LogP contribution is -2.38. The van der Waals surface area contributed by atoms with Gasteiger partial charge in [0.25, 0.3) is 0 Å². The minimum Gasteiger partial charge on any atom is -0.299 e. The van der Waals surface area contributed by atoms with E-state index in [0.717, 1.165) is 24.1 Å². The second kappa shape index (κ2) is 5.71.